The van der Waals surface area contributed by atoms with Gasteiger partial charge in [0.2, 0.25) is 12.3 Å². The predicted molar refractivity (Wildman–Crippen MR) is 134 cm³/mol. The highest BCUT2D eigenvalue weighted by Crippen LogP contribution is 2.51. The Hall–Kier alpha value is -0.840. The average Bonchev–Trinajstić information content (AvgIpc) is 2.71. The molecule has 0 aliphatic carbocycles. The first-order valence-corrected chi connectivity index (χ1v) is 14.0. The number of hydrogen-bond donors (Lipinski definition) is 0. The number of aromatic nitrogens is 1. The first kappa shape index (κ1) is 25.4. The van der Waals surface area contributed by atoms with E-state index in [9.17, 15) is 0 Å². The second-order valence-electron chi connectivity index (χ2n) is 6.78. The summed E-state index contributed by atoms with van der Waals surface area (Å²) in [4.78, 5) is 6.47. The van der Waals surface area contributed by atoms with E-state index in [-0.39, 0.29) is 21.1 Å². The summed E-state index contributed by atoms with van der Waals surface area (Å²) in [6.07, 6.45) is 0.749. The molecule has 0 saturated carbocycles. The SMILES string of the molecule is CCCN(CCC)C(=NP(=S)(CCC)Oc1nc(Cl)c(Cl)cc1Cl)c1ccccc1. The predicted octanol–water partition coefficient (Wildman–Crippen LogP) is 7.71. The fourth-order valence-corrected chi connectivity index (χ4v) is 6.24. The molecule has 9 heteroatoms. The molecule has 4 nitrogen and oxygen atoms in total. The van der Waals surface area contributed by atoms with Crippen LogP contribution in [-0.2, 0) is 11.8 Å². The van der Waals surface area contributed by atoms with Crippen molar-refractivity contribution in [1.29, 1.82) is 0 Å². The highest BCUT2D eigenvalue weighted by Gasteiger charge is 2.24. The minimum absolute atomic E-state index is 0.125. The van der Waals surface area contributed by atoms with Crippen molar-refractivity contribution < 1.29 is 4.52 Å². The number of halogens is 3. The van der Waals surface area contributed by atoms with Gasteiger partial charge in [0, 0.05) is 24.8 Å². The number of pyridine rings is 1. The molecule has 2 rings (SSSR count). The maximum Gasteiger partial charge on any atom is 0.239 e. The minimum atomic E-state index is -2.69. The van der Waals surface area contributed by atoms with Gasteiger partial charge in [-0.1, -0.05) is 85.9 Å². The van der Waals surface area contributed by atoms with Crippen LogP contribution in [0.5, 0.6) is 5.88 Å². The number of amidine groups is 1. The monoisotopic (exact) mass is 505 g/mol. The molecule has 1 heterocycles. The largest absolute Gasteiger partial charge is 0.428 e. The highest BCUT2D eigenvalue weighted by molar-refractivity contribution is 8.11. The van der Waals surface area contributed by atoms with Crippen molar-refractivity contribution in [1.82, 2.24) is 9.88 Å². The molecular weight excluding hydrogens is 480 g/mol. The van der Waals surface area contributed by atoms with E-state index in [2.05, 4.69) is 30.7 Å². The molecule has 1 atom stereocenters. The van der Waals surface area contributed by atoms with Crippen molar-refractivity contribution in [2.24, 2.45) is 4.76 Å². The Morgan fingerprint density at radius 2 is 1.67 bits per heavy atom. The second-order valence-corrected chi connectivity index (χ2v) is 11.8. The summed E-state index contributed by atoms with van der Waals surface area (Å²) in [5.41, 5.74) is 1.02. The quantitative estimate of drug-likeness (QED) is 0.143. The summed E-state index contributed by atoms with van der Waals surface area (Å²) in [6.45, 7) is 8.14. The molecule has 1 aromatic carbocycles. The van der Waals surface area contributed by atoms with Crippen molar-refractivity contribution in [3.05, 3.63) is 57.2 Å². The molecule has 1 aromatic heterocycles. The Bertz CT molecular complexity index is 906. The maximum atomic E-state index is 6.31. The lowest BCUT2D eigenvalue weighted by Crippen LogP contribution is -2.33. The zero-order chi connectivity index (χ0) is 22.1. The Kier molecular flexibility index (Phi) is 10.4. The number of nitrogens with zero attached hydrogens (tertiary/aromatic N) is 3. The van der Waals surface area contributed by atoms with Gasteiger partial charge in [0.15, 0.2) is 5.15 Å². The Balaban J connectivity index is 2.56. The van der Waals surface area contributed by atoms with Crippen LogP contribution in [-0.4, -0.2) is 35.0 Å². The molecule has 0 aliphatic heterocycles. The van der Waals surface area contributed by atoms with Crippen LogP contribution < -0.4 is 4.52 Å². The average molecular weight is 507 g/mol. The van der Waals surface area contributed by atoms with E-state index in [1.165, 1.54) is 6.07 Å². The van der Waals surface area contributed by atoms with Crippen LogP contribution in [0.25, 0.3) is 0 Å². The van der Waals surface area contributed by atoms with Gasteiger partial charge in [0.1, 0.15) is 10.9 Å². The molecule has 1 unspecified atom stereocenters. The molecule has 0 saturated heterocycles. The van der Waals surface area contributed by atoms with Gasteiger partial charge in [0.05, 0.1) is 5.02 Å². The molecular formula is C21H27Cl3N3OPS. The molecule has 0 bridgehead atoms. The van der Waals surface area contributed by atoms with E-state index in [0.29, 0.717) is 6.16 Å². The van der Waals surface area contributed by atoms with E-state index >= 15 is 0 Å². The highest BCUT2D eigenvalue weighted by atomic mass is 35.5. The van der Waals surface area contributed by atoms with Crippen LogP contribution >= 0.6 is 41.2 Å². The van der Waals surface area contributed by atoms with Crippen LogP contribution in [0.2, 0.25) is 15.2 Å². The van der Waals surface area contributed by atoms with Crippen LogP contribution in [0.4, 0.5) is 0 Å². The molecule has 0 amide bonds. The topological polar surface area (TPSA) is 37.7 Å². The smallest absolute Gasteiger partial charge is 0.239 e. The number of hydrogen-bond acceptors (Lipinski definition) is 3. The maximum absolute atomic E-state index is 6.31. The van der Waals surface area contributed by atoms with Gasteiger partial charge in [-0.3, -0.25) is 0 Å². The van der Waals surface area contributed by atoms with Crippen LogP contribution in [0.1, 0.15) is 45.6 Å². The third-order valence-corrected chi connectivity index (χ3v) is 8.08. The van der Waals surface area contributed by atoms with Gasteiger partial charge in [-0.05, 0) is 37.1 Å². The van der Waals surface area contributed by atoms with Gasteiger partial charge in [0.25, 0.3) is 0 Å². The number of benzene rings is 1. The number of rotatable bonds is 10. The van der Waals surface area contributed by atoms with Crippen molar-refractivity contribution >= 4 is 58.9 Å². The first-order chi connectivity index (χ1) is 14.3. The molecule has 0 N–H and O–H groups in total. The lowest BCUT2D eigenvalue weighted by molar-refractivity contribution is 0.418. The summed E-state index contributed by atoms with van der Waals surface area (Å²) < 4.78 is 11.3. The van der Waals surface area contributed by atoms with Crippen molar-refractivity contribution in [3.8, 4) is 5.88 Å². The molecule has 0 aliphatic rings. The van der Waals surface area contributed by atoms with Gasteiger partial charge in [-0.2, -0.15) is 9.75 Å². The minimum Gasteiger partial charge on any atom is -0.428 e. The molecule has 0 spiro atoms. The van der Waals surface area contributed by atoms with Gasteiger partial charge < -0.3 is 9.42 Å². The zero-order valence-electron chi connectivity index (χ0n) is 17.4. The molecule has 0 radical (unpaired) electrons. The molecule has 0 fully saturated rings. The van der Waals surface area contributed by atoms with Crippen molar-refractivity contribution in [3.63, 3.8) is 0 Å². The lowest BCUT2D eigenvalue weighted by atomic mass is 10.2. The Morgan fingerprint density at radius 1 is 1.03 bits per heavy atom. The van der Waals surface area contributed by atoms with E-state index in [1.807, 2.05) is 30.3 Å². The van der Waals surface area contributed by atoms with Gasteiger partial charge >= 0.3 is 0 Å². The van der Waals surface area contributed by atoms with Gasteiger partial charge in [-0.15, -0.1) is 0 Å². The van der Waals surface area contributed by atoms with E-state index in [1.54, 1.807) is 0 Å². The molecule has 164 valence electrons. The fraction of sp³-hybridized carbons (Fsp3) is 0.429. The van der Waals surface area contributed by atoms with Crippen LogP contribution in [0.15, 0.2) is 41.2 Å². The summed E-state index contributed by atoms with van der Waals surface area (Å²) in [5, 5.41) is 0.661. The molecule has 2 aromatic rings. The standard InChI is InChI=1S/C21H27Cl3N3OPS/c1-4-12-27(13-5-2)20(16-10-8-7-9-11-16)26-29(30,14-6-3)28-21-18(23)15-17(22)19(24)25-21/h7-11,15H,4-6,12-14H2,1-3H3. The zero-order valence-corrected chi connectivity index (χ0v) is 21.4. The molecule has 30 heavy (non-hydrogen) atoms. The van der Waals surface area contributed by atoms with E-state index in [4.69, 9.17) is 55.9 Å². The van der Waals surface area contributed by atoms with Crippen LogP contribution in [0.3, 0.4) is 0 Å². The Labute approximate surface area is 199 Å². The van der Waals surface area contributed by atoms with Crippen LogP contribution in [0, 0.1) is 0 Å². The van der Waals surface area contributed by atoms with E-state index < -0.39 is 6.42 Å². The third-order valence-electron chi connectivity index (χ3n) is 4.16. The fourth-order valence-electron chi connectivity index (χ4n) is 2.92. The third kappa shape index (κ3) is 7.10. The summed E-state index contributed by atoms with van der Waals surface area (Å²) in [5.74, 6) is 1.03. The van der Waals surface area contributed by atoms with E-state index in [0.717, 1.165) is 43.8 Å². The normalized spacial score (nSPS) is 13.7. The summed E-state index contributed by atoms with van der Waals surface area (Å²) >= 11 is 24.4. The van der Waals surface area contributed by atoms with Gasteiger partial charge in [-0.25, -0.2) is 0 Å². The first-order valence-electron chi connectivity index (χ1n) is 10.0. The lowest BCUT2D eigenvalue weighted by Gasteiger charge is -2.28. The summed E-state index contributed by atoms with van der Waals surface area (Å²) in [7, 11) is 0. The summed E-state index contributed by atoms with van der Waals surface area (Å²) in [6, 6.07) is 11.6. The second kappa shape index (κ2) is 12.3. The Morgan fingerprint density at radius 3 is 2.23 bits per heavy atom. The van der Waals surface area contributed by atoms with Crippen molar-refractivity contribution in [2.75, 3.05) is 19.3 Å². The van der Waals surface area contributed by atoms with Crippen molar-refractivity contribution in [2.45, 2.75) is 40.0 Å².